The number of rotatable bonds is 6. The summed E-state index contributed by atoms with van der Waals surface area (Å²) in [6.07, 6.45) is 9.71. The van der Waals surface area contributed by atoms with Gasteiger partial charge in [0.1, 0.15) is 11.6 Å². The summed E-state index contributed by atoms with van der Waals surface area (Å²) in [4.78, 5) is 8.91. The second kappa shape index (κ2) is 7.22. The van der Waals surface area contributed by atoms with Crippen LogP contribution < -0.4 is 5.32 Å². The number of aromatic nitrogens is 2. The SMILES string of the molecule is CCCC1CC(N/C=C(\C=N)c2cnc3cccc(C#N)c3n2)C1. The van der Waals surface area contributed by atoms with E-state index in [-0.39, 0.29) is 0 Å². The molecule has 0 radical (unpaired) electrons. The molecule has 5 nitrogen and oxygen atoms in total. The van der Waals surface area contributed by atoms with Crippen molar-refractivity contribution in [2.75, 3.05) is 0 Å². The highest BCUT2D eigenvalue weighted by molar-refractivity contribution is 6.07. The first kappa shape index (κ1) is 16.1. The molecule has 0 spiro atoms. The van der Waals surface area contributed by atoms with Crippen LogP contribution in [0.3, 0.4) is 0 Å². The van der Waals surface area contributed by atoms with Crippen molar-refractivity contribution < 1.29 is 0 Å². The number of nitrogens with one attached hydrogen (secondary N) is 2. The topological polar surface area (TPSA) is 85.5 Å². The molecule has 2 aromatic rings. The van der Waals surface area contributed by atoms with Crippen molar-refractivity contribution in [2.45, 2.75) is 38.6 Å². The molecule has 0 unspecified atom stereocenters. The Balaban J connectivity index is 1.78. The molecule has 1 aromatic heterocycles. The van der Waals surface area contributed by atoms with E-state index in [4.69, 9.17) is 5.41 Å². The van der Waals surface area contributed by atoms with Crippen LogP contribution >= 0.6 is 0 Å². The van der Waals surface area contributed by atoms with Crippen LogP contribution in [-0.2, 0) is 0 Å². The van der Waals surface area contributed by atoms with Gasteiger partial charge in [-0.25, -0.2) is 4.98 Å². The standard InChI is InChI=1S/C19H21N5/c1-2-4-13-7-16(8-13)22-11-15(10-21)18-12-23-17-6-3-5-14(9-20)19(17)24-18/h3,5-6,10-13,16,21-22H,2,4,7-8H2,1H3/b15-11+,21-10?. The van der Waals surface area contributed by atoms with E-state index in [1.165, 1.54) is 31.9 Å². The lowest BCUT2D eigenvalue weighted by molar-refractivity contribution is 0.225. The number of benzene rings is 1. The smallest absolute Gasteiger partial charge is 0.107 e. The zero-order valence-corrected chi connectivity index (χ0v) is 13.8. The van der Waals surface area contributed by atoms with Crippen LogP contribution in [0.5, 0.6) is 0 Å². The fraction of sp³-hybridized carbons (Fsp3) is 0.368. The first-order valence-corrected chi connectivity index (χ1v) is 8.38. The number of para-hydroxylation sites is 1. The molecule has 0 atom stereocenters. The number of fused-ring (bicyclic) bond motifs is 1. The van der Waals surface area contributed by atoms with Crippen LogP contribution in [0.4, 0.5) is 0 Å². The van der Waals surface area contributed by atoms with Gasteiger partial charge in [-0.1, -0.05) is 25.8 Å². The van der Waals surface area contributed by atoms with E-state index in [0.29, 0.717) is 33.9 Å². The van der Waals surface area contributed by atoms with Crippen LogP contribution in [0.15, 0.2) is 30.6 Å². The number of nitrogens with zero attached hydrogens (tertiary/aromatic N) is 3. The molecule has 24 heavy (non-hydrogen) atoms. The lowest BCUT2D eigenvalue weighted by Gasteiger charge is -2.35. The Morgan fingerprint density at radius 1 is 1.46 bits per heavy atom. The fourth-order valence-electron chi connectivity index (χ4n) is 3.18. The second-order valence-electron chi connectivity index (χ2n) is 6.27. The van der Waals surface area contributed by atoms with E-state index in [9.17, 15) is 5.26 Å². The molecule has 2 N–H and O–H groups in total. The molecule has 1 heterocycles. The van der Waals surface area contributed by atoms with Crippen molar-refractivity contribution in [3.05, 3.63) is 41.9 Å². The predicted molar refractivity (Wildman–Crippen MR) is 95.6 cm³/mol. The summed E-state index contributed by atoms with van der Waals surface area (Å²) in [7, 11) is 0. The maximum atomic E-state index is 9.22. The predicted octanol–water partition coefficient (Wildman–Crippen LogP) is 3.66. The fourth-order valence-corrected chi connectivity index (χ4v) is 3.18. The van der Waals surface area contributed by atoms with E-state index in [1.807, 2.05) is 12.3 Å². The van der Waals surface area contributed by atoms with Crippen LogP contribution in [0.2, 0.25) is 0 Å². The lowest BCUT2D eigenvalue weighted by atomic mass is 9.78. The average molecular weight is 319 g/mol. The lowest BCUT2D eigenvalue weighted by Crippen LogP contribution is -2.38. The molecular weight excluding hydrogens is 298 g/mol. The molecule has 1 aliphatic rings. The third-order valence-corrected chi connectivity index (χ3v) is 4.55. The van der Waals surface area contributed by atoms with E-state index in [2.05, 4.69) is 28.3 Å². The first-order valence-electron chi connectivity index (χ1n) is 8.38. The molecular formula is C19H21N5. The monoisotopic (exact) mass is 319 g/mol. The minimum absolute atomic E-state index is 0.486. The van der Waals surface area contributed by atoms with Gasteiger partial charge in [0.25, 0.3) is 0 Å². The van der Waals surface area contributed by atoms with E-state index in [1.54, 1.807) is 18.3 Å². The average Bonchev–Trinajstić information content (AvgIpc) is 2.59. The van der Waals surface area contributed by atoms with Crippen LogP contribution in [0, 0.1) is 22.7 Å². The quantitative estimate of drug-likeness (QED) is 0.796. The van der Waals surface area contributed by atoms with Crippen molar-refractivity contribution in [3.63, 3.8) is 0 Å². The van der Waals surface area contributed by atoms with Gasteiger partial charge in [-0.15, -0.1) is 0 Å². The molecule has 1 aromatic carbocycles. The van der Waals surface area contributed by atoms with Crippen molar-refractivity contribution in [2.24, 2.45) is 5.92 Å². The van der Waals surface area contributed by atoms with Gasteiger partial charge in [0.05, 0.1) is 23.0 Å². The van der Waals surface area contributed by atoms with Gasteiger partial charge in [-0.05, 0) is 30.9 Å². The van der Waals surface area contributed by atoms with Gasteiger partial charge in [0.15, 0.2) is 0 Å². The summed E-state index contributed by atoms with van der Waals surface area (Å²) in [5, 5.41) is 20.3. The normalized spacial score (nSPS) is 20.2. The van der Waals surface area contributed by atoms with Gasteiger partial charge in [-0.3, -0.25) is 4.98 Å². The third kappa shape index (κ3) is 3.28. The maximum absolute atomic E-state index is 9.22. The van der Waals surface area contributed by atoms with E-state index in [0.717, 1.165) is 5.92 Å². The summed E-state index contributed by atoms with van der Waals surface area (Å²) < 4.78 is 0. The molecule has 5 heteroatoms. The van der Waals surface area contributed by atoms with Gasteiger partial charge >= 0.3 is 0 Å². The number of hydrogen-bond acceptors (Lipinski definition) is 5. The van der Waals surface area contributed by atoms with Crippen LogP contribution in [0.25, 0.3) is 16.6 Å². The summed E-state index contributed by atoms with van der Waals surface area (Å²) in [5.41, 5.74) is 3.06. The van der Waals surface area contributed by atoms with Crippen molar-refractivity contribution in [3.8, 4) is 6.07 Å². The Bertz CT molecular complexity index is 812. The molecule has 0 amide bonds. The Morgan fingerprint density at radius 2 is 2.29 bits per heavy atom. The highest BCUT2D eigenvalue weighted by atomic mass is 14.9. The molecule has 1 saturated carbocycles. The molecule has 0 bridgehead atoms. The molecule has 3 rings (SSSR count). The number of hydrogen-bond donors (Lipinski definition) is 2. The highest BCUT2D eigenvalue weighted by Gasteiger charge is 2.27. The minimum atomic E-state index is 0.486. The maximum Gasteiger partial charge on any atom is 0.107 e. The van der Waals surface area contributed by atoms with E-state index >= 15 is 0 Å². The zero-order valence-electron chi connectivity index (χ0n) is 13.8. The van der Waals surface area contributed by atoms with Crippen LogP contribution in [0.1, 0.15) is 43.9 Å². The van der Waals surface area contributed by atoms with Gasteiger partial charge in [-0.2, -0.15) is 5.26 Å². The van der Waals surface area contributed by atoms with E-state index < -0.39 is 0 Å². The zero-order chi connectivity index (χ0) is 16.9. The Morgan fingerprint density at radius 3 is 3.00 bits per heavy atom. The Hall–Kier alpha value is -2.74. The summed E-state index contributed by atoms with van der Waals surface area (Å²) in [6, 6.07) is 8.00. The van der Waals surface area contributed by atoms with Crippen LogP contribution in [-0.4, -0.2) is 22.2 Å². The second-order valence-corrected chi connectivity index (χ2v) is 6.27. The van der Waals surface area contributed by atoms with Gasteiger partial charge < -0.3 is 10.7 Å². The summed E-state index contributed by atoms with van der Waals surface area (Å²) in [6.45, 7) is 2.22. The largest absolute Gasteiger partial charge is 0.388 e. The molecule has 0 aliphatic heterocycles. The summed E-state index contributed by atoms with van der Waals surface area (Å²) in [5.74, 6) is 0.836. The highest BCUT2D eigenvalue weighted by Crippen LogP contribution is 2.31. The van der Waals surface area contributed by atoms with Gasteiger partial charge in [0, 0.05) is 24.0 Å². The molecule has 0 saturated heterocycles. The van der Waals surface area contributed by atoms with Crippen molar-refractivity contribution in [1.82, 2.24) is 15.3 Å². The third-order valence-electron chi connectivity index (χ3n) is 4.55. The Kier molecular flexibility index (Phi) is 4.85. The van der Waals surface area contributed by atoms with Gasteiger partial charge in [0.2, 0.25) is 0 Å². The molecule has 122 valence electrons. The summed E-state index contributed by atoms with van der Waals surface area (Å²) >= 11 is 0. The molecule has 1 fully saturated rings. The first-order chi connectivity index (χ1) is 11.7. The van der Waals surface area contributed by atoms with Crippen molar-refractivity contribution in [1.29, 1.82) is 10.7 Å². The number of nitriles is 1. The molecule has 1 aliphatic carbocycles. The van der Waals surface area contributed by atoms with Crippen molar-refractivity contribution >= 4 is 22.8 Å². The number of allylic oxidation sites excluding steroid dienone is 1. The Labute approximate surface area is 141 Å². The minimum Gasteiger partial charge on any atom is -0.388 e.